The molecule has 0 unspecified atom stereocenters. The second kappa shape index (κ2) is 8.62. The number of aliphatic hydroxyl groups excluding tert-OH is 1. The van der Waals surface area contributed by atoms with Crippen LogP contribution in [0.4, 0.5) is 0 Å². The topological polar surface area (TPSA) is 78.2 Å². The highest BCUT2D eigenvalue weighted by molar-refractivity contribution is 9.09. The van der Waals surface area contributed by atoms with E-state index in [-0.39, 0.29) is 16.5 Å². The number of rotatable bonds is 6. The minimum absolute atomic E-state index is 0.160. The first kappa shape index (κ1) is 22.1. The summed E-state index contributed by atoms with van der Waals surface area (Å²) in [5, 5.41) is 16.6. The maximum Gasteiger partial charge on any atom is 0.261 e. The number of aliphatic hydroxyl groups is 1. The van der Waals surface area contributed by atoms with Crippen LogP contribution in [-0.2, 0) is 4.43 Å². The van der Waals surface area contributed by atoms with Crippen molar-refractivity contribution in [3.8, 4) is 0 Å². The van der Waals surface area contributed by atoms with E-state index < -0.39 is 20.0 Å². The summed E-state index contributed by atoms with van der Waals surface area (Å²) in [6.45, 7) is 6.91. The zero-order valence-electron chi connectivity index (χ0n) is 17.1. The Morgan fingerprint density at radius 3 is 2.03 bits per heavy atom. The highest BCUT2D eigenvalue weighted by Gasteiger charge is 2.54. The third kappa shape index (κ3) is 4.02. The molecule has 2 aromatic carbocycles. The molecule has 1 aliphatic carbocycles. The average molecular weight is 474 g/mol. The number of nitrogens with zero attached hydrogens (tertiary/aromatic N) is 3. The van der Waals surface area contributed by atoms with E-state index in [0.29, 0.717) is 12.8 Å². The van der Waals surface area contributed by atoms with E-state index in [1.54, 1.807) is 0 Å². The lowest BCUT2D eigenvalue weighted by Crippen LogP contribution is -2.67. The Kier molecular flexibility index (Phi) is 6.56. The summed E-state index contributed by atoms with van der Waals surface area (Å²) < 4.78 is 6.96. The molecule has 1 N–H and O–H groups in total. The maximum atomic E-state index is 10.3. The molecule has 5 nitrogen and oxygen atoms in total. The van der Waals surface area contributed by atoms with Crippen molar-refractivity contribution in [3.05, 3.63) is 71.1 Å². The van der Waals surface area contributed by atoms with Gasteiger partial charge in [-0.1, -0.05) is 102 Å². The van der Waals surface area contributed by atoms with Gasteiger partial charge in [-0.05, 0) is 33.8 Å². The first-order valence-electron chi connectivity index (χ1n) is 9.90. The van der Waals surface area contributed by atoms with Crippen molar-refractivity contribution in [2.24, 2.45) is 5.11 Å². The molecule has 1 aliphatic rings. The van der Waals surface area contributed by atoms with Crippen LogP contribution >= 0.6 is 15.9 Å². The molecule has 0 amide bonds. The van der Waals surface area contributed by atoms with Gasteiger partial charge in [-0.3, -0.25) is 0 Å². The Balaban J connectivity index is 2.12. The summed E-state index contributed by atoms with van der Waals surface area (Å²) in [6.07, 6.45) is 0.619. The molecule has 1 saturated carbocycles. The van der Waals surface area contributed by atoms with Crippen LogP contribution in [-0.4, -0.2) is 36.5 Å². The third-order valence-electron chi connectivity index (χ3n) is 5.92. The summed E-state index contributed by atoms with van der Waals surface area (Å²) in [6, 6.07) is 20.8. The lowest BCUT2D eigenvalue weighted by atomic mass is 10.0. The molecule has 1 fully saturated rings. The van der Waals surface area contributed by atoms with Crippen LogP contribution in [0.3, 0.4) is 0 Å². The second-order valence-electron chi connectivity index (χ2n) is 8.75. The molecular weight excluding hydrogens is 446 g/mol. The molecule has 0 saturated heterocycles. The summed E-state index contributed by atoms with van der Waals surface area (Å²) in [5.41, 5.74) is 8.43. The molecule has 7 heteroatoms. The van der Waals surface area contributed by atoms with E-state index in [1.807, 2.05) is 36.4 Å². The molecule has 0 spiro atoms. The molecule has 0 aromatic heterocycles. The van der Waals surface area contributed by atoms with Gasteiger partial charge in [0.15, 0.2) is 0 Å². The molecule has 3 rings (SSSR count). The normalized spacial score (nSPS) is 24.9. The van der Waals surface area contributed by atoms with E-state index in [2.05, 4.69) is 71.0 Å². The smallest absolute Gasteiger partial charge is 0.261 e. The van der Waals surface area contributed by atoms with E-state index >= 15 is 0 Å². The Morgan fingerprint density at radius 1 is 1.14 bits per heavy atom. The van der Waals surface area contributed by atoms with Gasteiger partial charge in [0.2, 0.25) is 0 Å². The maximum absolute atomic E-state index is 10.3. The molecule has 154 valence electrons. The molecule has 0 heterocycles. The van der Waals surface area contributed by atoms with Crippen LogP contribution in [0.25, 0.3) is 10.4 Å². The van der Waals surface area contributed by atoms with E-state index in [9.17, 15) is 10.6 Å². The van der Waals surface area contributed by atoms with Crippen molar-refractivity contribution >= 4 is 34.6 Å². The van der Waals surface area contributed by atoms with Crippen LogP contribution in [0.2, 0.25) is 5.04 Å². The number of azide groups is 1. The van der Waals surface area contributed by atoms with Gasteiger partial charge in [-0.25, -0.2) is 0 Å². The predicted octanol–water partition coefficient (Wildman–Crippen LogP) is 4.53. The van der Waals surface area contributed by atoms with Gasteiger partial charge in [0.25, 0.3) is 8.32 Å². The first-order valence-corrected chi connectivity index (χ1v) is 12.7. The summed E-state index contributed by atoms with van der Waals surface area (Å²) >= 11 is 3.58. The molecule has 29 heavy (non-hydrogen) atoms. The highest BCUT2D eigenvalue weighted by Crippen LogP contribution is 2.42. The monoisotopic (exact) mass is 473 g/mol. The third-order valence-corrected chi connectivity index (χ3v) is 12.4. The minimum atomic E-state index is -2.73. The van der Waals surface area contributed by atoms with Crippen LogP contribution in [0, 0.1) is 0 Å². The first-order chi connectivity index (χ1) is 13.8. The van der Waals surface area contributed by atoms with E-state index in [4.69, 9.17) is 4.43 Å². The molecular formula is C22H28BrN3O2Si. The van der Waals surface area contributed by atoms with Crippen molar-refractivity contribution in [1.82, 2.24) is 0 Å². The number of benzene rings is 2. The number of hydrogen-bond donors (Lipinski definition) is 1. The van der Waals surface area contributed by atoms with Gasteiger partial charge >= 0.3 is 0 Å². The fourth-order valence-corrected chi connectivity index (χ4v) is 9.75. The highest BCUT2D eigenvalue weighted by atomic mass is 79.9. The lowest BCUT2D eigenvalue weighted by Gasteiger charge is -2.45. The molecule has 2 aromatic rings. The number of alkyl halides is 1. The Morgan fingerprint density at radius 2 is 1.66 bits per heavy atom. The Bertz CT molecular complexity index is 829. The van der Waals surface area contributed by atoms with Gasteiger partial charge in [0, 0.05) is 11.5 Å². The average Bonchev–Trinajstić information content (AvgIpc) is 2.98. The summed E-state index contributed by atoms with van der Waals surface area (Å²) in [4.78, 5) is 2.77. The van der Waals surface area contributed by atoms with E-state index in [0.717, 1.165) is 0 Å². The fourth-order valence-electron chi connectivity index (χ4n) is 4.41. The van der Waals surface area contributed by atoms with Crippen LogP contribution in [0.5, 0.6) is 0 Å². The van der Waals surface area contributed by atoms with Crippen molar-refractivity contribution in [2.45, 2.75) is 55.1 Å². The number of halogens is 1. The van der Waals surface area contributed by atoms with Crippen molar-refractivity contribution in [1.29, 1.82) is 0 Å². The molecule has 0 aliphatic heterocycles. The second-order valence-corrected chi connectivity index (χ2v) is 14.0. The zero-order valence-corrected chi connectivity index (χ0v) is 19.7. The SMILES string of the molecule is CC(C)(C)[Si](OC[C@]1(N=[N+]=[N-])CC[C@@H](O)[C@@H]1Br)(c1ccccc1)c1ccccc1. The summed E-state index contributed by atoms with van der Waals surface area (Å²) in [7, 11) is -2.73. The zero-order chi connectivity index (χ0) is 21.1. The van der Waals surface area contributed by atoms with Gasteiger partial charge in [0.05, 0.1) is 16.5 Å². The van der Waals surface area contributed by atoms with Crippen molar-refractivity contribution in [2.75, 3.05) is 6.61 Å². The lowest BCUT2D eigenvalue weighted by molar-refractivity contribution is 0.164. The van der Waals surface area contributed by atoms with Gasteiger partial charge < -0.3 is 9.53 Å². The largest absolute Gasteiger partial charge is 0.407 e. The number of hydrogen-bond acceptors (Lipinski definition) is 3. The molecule has 0 radical (unpaired) electrons. The fraction of sp³-hybridized carbons (Fsp3) is 0.455. The standard InChI is InChI=1S/C22H28BrN3O2Si/c1-21(2,3)29(17-10-6-4-7-11-17,18-12-8-5-9-13-18)28-16-22(25-26-24)15-14-19(27)20(22)23/h4-13,19-20,27H,14-16H2,1-3H3/t19-,20+,22-/m1/s1. The van der Waals surface area contributed by atoms with E-state index in [1.165, 1.54) is 10.4 Å². The van der Waals surface area contributed by atoms with Gasteiger partial charge in [-0.2, -0.15) is 0 Å². The van der Waals surface area contributed by atoms with Crippen molar-refractivity contribution in [3.63, 3.8) is 0 Å². The van der Waals surface area contributed by atoms with Crippen LogP contribution in [0.1, 0.15) is 33.6 Å². The Labute approximate surface area is 182 Å². The predicted molar refractivity (Wildman–Crippen MR) is 123 cm³/mol. The van der Waals surface area contributed by atoms with Gasteiger partial charge in [-0.15, -0.1) is 0 Å². The molecule has 3 atom stereocenters. The minimum Gasteiger partial charge on any atom is -0.407 e. The summed E-state index contributed by atoms with van der Waals surface area (Å²) in [5.74, 6) is 0. The quantitative estimate of drug-likeness (QED) is 0.220. The van der Waals surface area contributed by atoms with Gasteiger partial charge in [0.1, 0.15) is 0 Å². The van der Waals surface area contributed by atoms with Crippen LogP contribution in [0.15, 0.2) is 65.8 Å². The Hall–Kier alpha value is -1.63. The molecule has 0 bridgehead atoms. The van der Waals surface area contributed by atoms with Crippen molar-refractivity contribution < 1.29 is 9.53 Å². The van der Waals surface area contributed by atoms with Crippen LogP contribution < -0.4 is 10.4 Å².